The Bertz CT molecular complexity index is 866. The lowest BCUT2D eigenvalue weighted by Crippen LogP contribution is -2.29. The lowest BCUT2D eigenvalue weighted by molar-refractivity contribution is 0.0742. The van der Waals surface area contributed by atoms with Crippen LogP contribution in [0.4, 0.5) is 4.39 Å². The highest BCUT2D eigenvalue weighted by molar-refractivity contribution is 7.07. The number of rotatable bonds is 6. The first-order chi connectivity index (χ1) is 12.5. The van der Waals surface area contributed by atoms with Gasteiger partial charge in [0.2, 0.25) is 0 Å². The van der Waals surface area contributed by atoms with E-state index >= 15 is 0 Å². The molecule has 134 valence electrons. The highest BCUT2D eigenvalue weighted by Crippen LogP contribution is 2.23. The molecular weight excluding hydrogens is 351 g/mol. The third-order valence-corrected chi connectivity index (χ3v) is 4.84. The number of hydrogen-bond donors (Lipinski definition) is 0. The summed E-state index contributed by atoms with van der Waals surface area (Å²) >= 11 is 1.51. The van der Waals surface area contributed by atoms with Crippen molar-refractivity contribution >= 4 is 17.2 Å². The van der Waals surface area contributed by atoms with Gasteiger partial charge in [-0.1, -0.05) is 18.2 Å². The first-order valence-electron chi connectivity index (χ1n) is 8.17. The quantitative estimate of drug-likeness (QED) is 0.632. The Morgan fingerprint density at radius 2 is 2.04 bits per heavy atom. The first kappa shape index (κ1) is 18.1. The largest absolute Gasteiger partial charge is 0.487 e. The zero-order valence-corrected chi connectivity index (χ0v) is 15.4. The van der Waals surface area contributed by atoms with E-state index in [2.05, 4.69) is 4.98 Å². The minimum atomic E-state index is -0.292. The molecule has 1 amide bonds. The summed E-state index contributed by atoms with van der Waals surface area (Å²) < 4.78 is 18.8. The SMILES string of the molecule is CC(c1ccc(F)cc1)N(C)C(=O)c1cccc(OCc2cscn2)c1. The summed E-state index contributed by atoms with van der Waals surface area (Å²) in [6.45, 7) is 2.27. The molecule has 26 heavy (non-hydrogen) atoms. The van der Waals surface area contributed by atoms with E-state index in [1.54, 1.807) is 47.8 Å². The van der Waals surface area contributed by atoms with E-state index < -0.39 is 0 Å². The summed E-state index contributed by atoms with van der Waals surface area (Å²) in [7, 11) is 1.74. The van der Waals surface area contributed by atoms with E-state index in [4.69, 9.17) is 4.74 Å². The molecule has 0 aliphatic carbocycles. The molecule has 4 nitrogen and oxygen atoms in total. The van der Waals surface area contributed by atoms with E-state index in [1.807, 2.05) is 18.4 Å². The molecule has 3 aromatic rings. The molecule has 0 aliphatic heterocycles. The third-order valence-electron chi connectivity index (χ3n) is 4.20. The van der Waals surface area contributed by atoms with Gasteiger partial charge in [0.05, 0.1) is 17.2 Å². The highest BCUT2D eigenvalue weighted by atomic mass is 32.1. The monoisotopic (exact) mass is 370 g/mol. The Hall–Kier alpha value is -2.73. The molecular formula is C20H19FN2O2S. The number of nitrogens with zero attached hydrogens (tertiary/aromatic N) is 2. The number of benzene rings is 2. The van der Waals surface area contributed by atoms with Gasteiger partial charge in [-0.05, 0) is 42.8 Å². The van der Waals surface area contributed by atoms with E-state index in [0.717, 1.165) is 11.3 Å². The number of amides is 1. The van der Waals surface area contributed by atoms with Crippen LogP contribution >= 0.6 is 11.3 Å². The molecule has 0 saturated carbocycles. The van der Waals surface area contributed by atoms with Crippen LogP contribution in [-0.4, -0.2) is 22.8 Å². The van der Waals surface area contributed by atoms with Crippen molar-refractivity contribution < 1.29 is 13.9 Å². The normalized spacial score (nSPS) is 11.8. The number of halogens is 1. The fourth-order valence-corrected chi connectivity index (χ4v) is 3.07. The van der Waals surface area contributed by atoms with Crippen molar-refractivity contribution in [2.75, 3.05) is 7.05 Å². The molecule has 6 heteroatoms. The minimum absolute atomic E-state index is 0.124. The van der Waals surface area contributed by atoms with Gasteiger partial charge in [0.1, 0.15) is 18.2 Å². The van der Waals surface area contributed by atoms with Gasteiger partial charge >= 0.3 is 0 Å². The minimum Gasteiger partial charge on any atom is -0.487 e. The maximum absolute atomic E-state index is 13.1. The van der Waals surface area contributed by atoms with Crippen LogP contribution in [-0.2, 0) is 6.61 Å². The summed E-state index contributed by atoms with van der Waals surface area (Å²) in [6.07, 6.45) is 0. The number of carbonyl (C=O) groups excluding carboxylic acids is 1. The molecule has 1 aromatic heterocycles. The molecule has 0 aliphatic rings. The lowest BCUT2D eigenvalue weighted by Gasteiger charge is -2.25. The van der Waals surface area contributed by atoms with Gasteiger partial charge in [0.15, 0.2) is 0 Å². The molecule has 0 bridgehead atoms. The molecule has 1 heterocycles. The molecule has 0 saturated heterocycles. The van der Waals surface area contributed by atoms with Gasteiger partial charge in [-0.3, -0.25) is 4.79 Å². The second-order valence-electron chi connectivity index (χ2n) is 5.94. The molecule has 3 rings (SSSR count). The van der Waals surface area contributed by atoms with Crippen LogP contribution in [0, 0.1) is 5.82 Å². The molecule has 1 unspecified atom stereocenters. The molecule has 0 spiro atoms. The first-order valence-corrected chi connectivity index (χ1v) is 9.11. The summed E-state index contributed by atoms with van der Waals surface area (Å²) in [6, 6.07) is 13.1. The second kappa shape index (κ2) is 8.10. The predicted molar refractivity (Wildman–Crippen MR) is 99.8 cm³/mol. The van der Waals surface area contributed by atoms with Crippen molar-refractivity contribution in [1.29, 1.82) is 0 Å². The van der Waals surface area contributed by atoms with Gasteiger partial charge in [-0.25, -0.2) is 9.37 Å². The summed E-state index contributed by atoms with van der Waals surface area (Å²) in [5.74, 6) is 0.201. The van der Waals surface area contributed by atoms with Crippen LogP contribution in [0.25, 0.3) is 0 Å². The Balaban J connectivity index is 1.70. The van der Waals surface area contributed by atoms with Crippen LogP contribution in [0.5, 0.6) is 5.75 Å². The number of ether oxygens (including phenoxy) is 1. The van der Waals surface area contributed by atoms with Crippen LogP contribution in [0.1, 0.15) is 34.6 Å². The zero-order valence-electron chi connectivity index (χ0n) is 14.6. The maximum atomic E-state index is 13.1. The number of hydrogen-bond acceptors (Lipinski definition) is 4. The Labute approximate surface area is 155 Å². The van der Waals surface area contributed by atoms with Crippen molar-refractivity contribution in [3.05, 3.63) is 82.1 Å². The predicted octanol–water partition coefficient (Wildman–Crippen LogP) is 4.69. The summed E-state index contributed by atoms with van der Waals surface area (Å²) in [5.41, 5.74) is 4.02. The van der Waals surface area contributed by atoms with Gasteiger partial charge < -0.3 is 9.64 Å². The standard InChI is InChI=1S/C20H19FN2O2S/c1-14(15-6-8-17(21)9-7-15)23(2)20(24)16-4-3-5-19(10-16)25-11-18-12-26-13-22-18/h3-10,12-14H,11H2,1-2H3. The lowest BCUT2D eigenvalue weighted by atomic mass is 10.1. The van der Waals surface area contributed by atoms with Crippen molar-refractivity contribution in [3.8, 4) is 5.75 Å². The second-order valence-corrected chi connectivity index (χ2v) is 6.66. The van der Waals surface area contributed by atoms with Gasteiger partial charge in [0, 0.05) is 18.0 Å². The van der Waals surface area contributed by atoms with E-state index in [0.29, 0.717) is 17.9 Å². The molecule has 0 N–H and O–H groups in total. The van der Waals surface area contributed by atoms with Gasteiger partial charge in [-0.15, -0.1) is 11.3 Å². The molecule has 0 radical (unpaired) electrons. The van der Waals surface area contributed by atoms with E-state index in [9.17, 15) is 9.18 Å². The van der Waals surface area contributed by atoms with Crippen LogP contribution < -0.4 is 4.74 Å². The zero-order chi connectivity index (χ0) is 18.5. The average molecular weight is 370 g/mol. The van der Waals surface area contributed by atoms with Crippen molar-refractivity contribution in [3.63, 3.8) is 0 Å². The highest BCUT2D eigenvalue weighted by Gasteiger charge is 2.19. The molecule has 2 aromatic carbocycles. The van der Waals surface area contributed by atoms with Gasteiger partial charge in [0.25, 0.3) is 5.91 Å². The van der Waals surface area contributed by atoms with E-state index in [-0.39, 0.29) is 17.8 Å². The van der Waals surface area contributed by atoms with Crippen LogP contribution in [0.15, 0.2) is 59.4 Å². The Kier molecular flexibility index (Phi) is 5.63. The van der Waals surface area contributed by atoms with Gasteiger partial charge in [-0.2, -0.15) is 0 Å². The summed E-state index contributed by atoms with van der Waals surface area (Å²) in [5, 5.41) is 1.92. The van der Waals surface area contributed by atoms with E-state index in [1.165, 1.54) is 23.5 Å². The number of aromatic nitrogens is 1. The fraction of sp³-hybridized carbons (Fsp3) is 0.200. The van der Waals surface area contributed by atoms with Crippen LogP contribution in [0.2, 0.25) is 0 Å². The van der Waals surface area contributed by atoms with Crippen molar-refractivity contribution in [2.24, 2.45) is 0 Å². The smallest absolute Gasteiger partial charge is 0.254 e. The van der Waals surface area contributed by atoms with Crippen molar-refractivity contribution in [1.82, 2.24) is 9.88 Å². The Morgan fingerprint density at radius 1 is 1.27 bits per heavy atom. The molecule has 0 fully saturated rings. The molecule has 1 atom stereocenters. The Morgan fingerprint density at radius 3 is 2.73 bits per heavy atom. The summed E-state index contributed by atoms with van der Waals surface area (Å²) in [4.78, 5) is 18.6. The van der Waals surface area contributed by atoms with Crippen molar-refractivity contribution in [2.45, 2.75) is 19.6 Å². The number of carbonyl (C=O) groups is 1. The number of thiazole rings is 1. The third kappa shape index (κ3) is 4.26. The topological polar surface area (TPSA) is 42.4 Å². The maximum Gasteiger partial charge on any atom is 0.254 e. The van der Waals surface area contributed by atoms with Crippen LogP contribution in [0.3, 0.4) is 0 Å². The fourth-order valence-electron chi connectivity index (χ4n) is 2.53. The average Bonchev–Trinajstić information content (AvgIpc) is 3.19.